The van der Waals surface area contributed by atoms with Gasteiger partial charge in [0.2, 0.25) is 0 Å². The Morgan fingerprint density at radius 3 is 2.48 bits per heavy atom. The van der Waals surface area contributed by atoms with E-state index in [-0.39, 0.29) is 28.9 Å². The maximum Gasteiger partial charge on any atom is 0.309 e. The monoisotopic (exact) mass is 312 g/mol. The third-order valence-corrected chi connectivity index (χ3v) is 9.71. The summed E-state index contributed by atoms with van der Waals surface area (Å²) in [6, 6.07) is 0. The Labute approximate surface area is 131 Å². The molecule has 0 heterocycles. The first-order valence-electron chi connectivity index (χ1n) is 8.00. The highest BCUT2D eigenvalue weighted by Crippen LogP contribution is 2.42. The highest BCUT2D eigenvalue weighted by atomic mass is 28.4. The van der Waals surface area contributed by atoms with Gasteiger partial charge in [-0.1, -0.05) is 33.3 Å². The van der Waals surface area contributed by atoms with E-state index in [0.717, 1.165) is 25.7 Å². The zero-order chi connectivity index (χ0) is 16.3. The van der Waals surface area contributed by atoms with Crippen LogP contribution in [-0.2, 0) is 14.0 Å². The molecule has 0 amide bonds. The third-order valence-electron chi connectivity index (χ3n) is 5.20. The van der Waals surface area contributed by atoms with Crippen molar-refractivity contribution >= 4 is 14.3 Å². The first-order chi connectivity index (χ1) is 9.64. The molecule has 3 nitrogen and oxygen atoms in total. The molecule has 0 N–H and O–H groups in total. The lowest BCUT2D eigenvalue weighted by Gasteiger charge is -2.41. The molecule has 1 saturated carbocycles. The Kier molecular flexibility index (Phi) is 6.23. The van der Waals surface area contributed by atoms with Crippen LogP contribution in [0.1, 0.15) is 46.5 Å². The third kappa shape index (κ3) is 4.43. The molecule has 0 bridgehead atoms. The molecule has 122 valence electrons. The highest BCUT2D eigenvalue weighted by Gasteiger charge is 2.44. The van der Waals surface area contributed by atoms with Gasteiger partial charge in [-0.15, -0.1) is 6.58 Å². The van der Waals surface area contributed by atoms with Crippen molar-refractivity contribution in [3.05, 3.63) is 12.7 Å². The van der Waals surface area contributed by atoms with Crippen LogP contribution < -0.4 is 0 Å². The smallest absolute Gasteiger partial charge is 0.309 e. The van der Waals surface area contributed by atoms with Gasteiger partial charge in [0.25, 0.3) is 0 Å². The molecule has 1 fully saturated rings. The van der Waals surface area contributed by atoms with Gasteiger partial charge in [-0.25, -0.2) is 0 Å². The number of hydrogen-bond donors (Lipinski definition) is 0. The average molecular weight is 313 g/mol. The number of rotatable bonds is 6. The summed E-state index contributed by atoms with van der Waals surface area (Å²) < 4.78 is 11.6. The normalized spacial score (nSPS) is 24.7. The Morgan fingerprint density at radius 1 is 1.38 bits per heavy atom. The van der Waals surface area contributed by atoms with Crippen molar-refractivity contribution in [3.8, 4) is 0 Å². The van der Waals surface area contributed by atoms with E-state index in [1.807, 2.05) is 6.08 Å². The molecule has 21 heavy (non-hydrogen) atoms. The lowest BCUT2D eigenvalue weighted by molar-refractivity contribution is -0.148. The van der Waals surface area contributed by atoms with Crippen molar-refractivity contribution < 1.29 is 14.0 Å². The predicted octanol–water partition coefficient (Wildman–Crippen LogP) is 4.54. The lowest BCUT2D eigenvalue weighted by Crippen LogP contribution is -2.46. The summed E-state index contributed by atoms with van der Waals surface area (Å²) in [4.78, 5) is 12.0. The Bertz CT molecular complexity index is 371. The van der Waals surface area contributed by atoms with Crippen LogP contribution in [0.15, 0.2) is 12.7 Å². The van der Waals surface area contributed by atoms with Gasteiger partial charge in [-0.3, -0.25) is 4.79 Å². The molecule has 0 aliphatic heterocycles. The molecule has 1 aliphatic rings. The van der Waals surface area contributed by atoms with Gasteiger partial charge >= 0.3 is 5.97 Å². The molecule has 0 radical (unpaired) electrons. The number of carbonyl (C=O) groups is 1. The molecule has 4 heteroatoms. The molecule has 0 aromatic heterocycles. The van der Waals surface area contributed by atoms with E-state index in [2.05, 4.69) is 40.4 Å². The maximum absolute atomic E-state index is 12.0. The molecule has 0 spiro atoms. The minimum Gasteiger partial charge on any atom is -0.469 e. The van der Waals surface area contributed by atoms with E-state index >= 15 is 0 Å². The molecule has 0 aromatic carbocycles. The number of carbonyl (C=O) groups excluding carboxylic acids is 1. The number of methoxy groups -OCH3 is 1. The van der Waals surface area contributed by atoms with Gasteiger partial charge < -0.3 is 9.16 Å². The van der Waals surface area contributed by atoms with Crippen LogP contribution in [0.5, 0.6) is 0 Å². The summed E-state index contributed by atoms with van der Waals surface area (Å²) in [5.74, 6) is 0.180. The summed E-state index contributed by atoms with van der Waals surface area (Å²) in [5.41, 5.74) is 0. The first-order valence-corrected chi connectivity index (χ1v) is 10.9. The van der Waals surface area contributed by atoms with Crippen LogP contribution in [0.3, 0.4) is 0 Å². The Balaban J connectivity index is 2.91. The molecular weight excluding hydrogens is 280 g/mol. The largest absolute Gasteiger partial charge is 0.469 e. The van der Waals surface area contributed by atoms with Gasteiger partial charge in [0.1, 0.15) is 0 Å². The van der Waals surface area contributed by atoms with Crippen molar-refractivity contribution in [3.63, 3.8) is 0 Å². The van der Waals surface area contributed by atoms with Crippen LogP contribution in [-0.4, -0.2) is 27.5 Å². The van der Waals surface area contributed by atoms with E-state index in [0.29, 0.717) is 0 Å². The van der Waals surface area contributed by atoms with Crippen molar-refractivity contribution in [2.24, 2.45) is 11.8 Å². The van der Waals surface area contributed by atoms with E-state index < -0.39 is 8.32 Å². The summed E-state index contributed by atoms with van der Waals surface area (Å²) in [7, 11) is -0.366. The van der Waals surface area contributed by atoms with E-state index in [1.54, 1.807) is 0 Å². The van der Waals surface area contributed by atoms with E-state index in [1.165, 1.54) is 7.11 Å². The lowest BCUT2D eigenvalue weighted by atomic mass is 9.89. The zero-order valence-corrected chi connectivity index (χ0v) is 15.6. The second-order valence-electron chi connectivity index (χ2n) is 7.67. The topological polar surface area (TPSA) is 35.5 Å². The first kappa shape index (κ1) is 18.4. The summed E-state index contributed by atoms with van der Waals surface area (Å²) in [5, 5.41) is 0.172. The van der Waals surface area contributed by atoms with Crippen LogP contribution >= 0.6 is 0 Å². The second-order valence-corrected chi connectivity index (χ2v) is 12.4. The van der Waals surface area contributed by atoms with Crippen LogP contribution in [0.2, 0.25) is 18.1 Å². The van der Waals surface area contributed by atoms with E-state index in [4.69, 9.17) is 9.16 Å². The van der Waals surface area contributed by atoms with E-state index in [9.17, 15) is 4.79 Å². The fourth-order valence-electron chi connectivity index (χ4n) is 2.91. The van der Waals surface area contributed by atoms with Gasteiger partial charge in [0.05, 0.1) is 19.1 Å². The van der Waals surface area contributed by atoms with Gasteiger partial charge in [-0.05, 0) is 43.3 Å². The van der Waals surface area contributed by atoms with Gasteiger partial charge in [0.15, 0.2) is 8.32 Å². The van der Waals surface area contributed by atoms with Crippen molar-refractivity contribution in [1.82, 2.24) is 0 Å². The van der Waals surface area contributed by atoms with Crippen LogP contribution in [0, 0.1) is 11.8 Å². The predicted molar refractivity (Wildman–Crippen MR) is 89.7 cm³/mol. The molecule has 0 saturated heterocycles. The zero-order valence-electron chi connectivity index (χ0n) is 14.6. The Morgan fingerprint density at radius 2 is 2.00 bits per heavy atom. The minimum atomic E-state index is -1.85. The van der Waals surface area contributed by atoms with Gasteiger partial charge in [0, 0.05) is 0 Å². The standard InChI is InChI=1S/C17H32O3Si/c1-8-10-15(20-21(6,7)17(2,3)4)13-11-9-12-14(13)16(18)19-5/h8,13-15H,1,9-12H2,2-7H3/t13?,14-,15+/m1/s1. The SMILES string of the molecule is C=CC[C@H](O[Si](C)(C)C(C)(C)C)C1CCC[C@H]1C(=O)OC. The second kappa shape index (κ2) is 7.10. The average Bonchev–Trinajstić information content (AvgIpc) is 2.84. The summed E-state index contributed by atoms with van der Waals surface area (Å²) in [6.07, 6.45) is 5.88. The summed E-state index contributed by atoms with van der Waals surface area (Å²) in [6.45, 7) is 15.2. The quantitative estimate of drug-likeness (QED) is 0.410. The van der Waals surface area contributed by atoms with Crippen molar-refractivity contribution in [2.45, 2.75) is 70.7 Å². The fraction of sp³-hybridized carbons (Fsp3) is 0.824. The fourth-order valence-corrected chi connectivity index (χ4v) is 4.29. The molecule has 3 atom stereocenters. The van der Waals surface area contributed by atoms with Crippen molar-refractivity contribution in [1.29, 1.82) is 0 Å². The van der Waals surface area contributed by atoms with Crippen molar-refractivity contribution in [2.75, 3.05) is 7.11 Å². The maximum atomic E-state index is 12.0. The minimum absolute atomic E-state index is 0.00952. The van der Waals surface area contributed by atoms with Crippen LogP contribution in [0.25, 0.3) is 0 Å². The Hall–Kier alpha value is -0.613. The molecule has 1 unspecified atom stereocenters. The number of hydrogen-bond acceptors (Lipinski definition) is 3. The number of esters is 1. The number of ether oxygens (including phenoxy) is 1. The summed E-state index contributed by atoms with van der Waals surface area (Å²) >= 11 is 0. The van der Waals surface area contributed by atoms with Crippen LogP contribution in [0.4, 0.5) is 0 Å². The molecule has 1 aliphatic carbocycles. The van der Waals surface area contributed by atoms with Gasteiger partial charge in [-0.2, -0.15) is 0 Å². The molecule has 0 aromatic rings. The molecule has 1 rings (SSSR count). The molecular formula is C17H32O3Si. The highest BCUT2D eigenvalue weighted by molar-refractivity contribution is 6.74.